The van der Waals surface area contributed by atoms with Crippen LogP contribution in [0.15, 0.2) is 11.6 Å². The van der Waals surface area contributed by atoms with Crippen LogP contribution in [0.1, 0.15) is 92.4 Å². The first-order valence-corrected chi connectivity index (χ1v) is 22.9. The predicted octanol–water partition coefficient (Wildman–Crippen LogP) is -0.917. The Morgan fingerprint density at radius 1 is 0.726 bits per heavy atom. The quantitative estimate of drug-likeness (QED) is 0.139. The molecule has 62 heavy (non-hydrogen) atoms. The normalized spacial score (nSPS) is 58.9. The Bertz CT molecular complexity index is 1660. The van der Waals surface area contributed by atoms with Gasteiger partial charge in [-0.1, -0.05) is 39.3 Å². The van der Waals surface area contributed by atoms with Gasteiger partial charge in [-0.15, -0.1) is 0 Å². The minimum atomic E-state index is -1.76. The van der Waals surface area contributed by atoms with Crippen molar-refractivity contribution in [2.45, 2.75) is 208 Å². The van der Waals surface area contributed by atoms with Gasteiger partial charge in [0.05, 0.1) is 43.7 Å². The Balaban J connectivity index is 0.954. The lowest BCUT2D eigenvalue weighted by atomic mass is 9.44. The van der Waals surface area contributed by atoms with E-state index in [1.165, 1.54) is 6.92 Å². The van der Waals surface area contributed by atoms with Gasteiger partial charge in [-0.3, -0.25) is 0 Å². The highest BCUT2D eigenvalue weighted by molar-refractivity contribution is 5.33. The molecular formula is C44H70O18. The summed E-state index contributed by atoms with van der Waals surface area (Å²) in [7, 11) is 0. The molecule has 1 spiro atoms. The van der Waals surface area contributed by atoms with Crippen LogP contribution in [0.25, 0.3) is 0 Å². The molecule has 10 N–H and O–H groups in total. The van der Waals surface area contributed by atoms with Crippen molar-refractivity contribution in [1.29, 1.82) is 0 Å². The smallest absolute Gasteiger partial charge is 0.187 e. The molecule has 5 heterocycles. The predicted molar refractivity (Wildman–Crippen MR) is 211 cm³/mol. The van der Waals surface area contributed by atoms with Gasteiger partial charge in [0.25, 0.3) is 0 Å². The third kappa shape index (κ3) is 6.79. The van der Waals surface area contributed by atoms with Crippen LogP contribution >= 0.6 is 0 Å². The van der Waals surface area contributed by atoms with Crippen LogP contribution in [0.3, 0.4) is 0 Å². The third-order valence-corrected chi connectivity index (χ3v) is 17.7. The Labute approximate surface area is 362 Å². The largest absolute Gasteiger partial charge is 0.394 e. The second-order valence-corrected chi connectivity index (χ2v) is 20.9. The van der Waals surface area contributed by atoms with Crippen LogP contribution in [-0.2, 0) is 37.9 Å². The number of fused-ring (bicyclic) bond motifs is 7. The first kappa shape index (κ1) is 46.1. The molecule has 0 aromatic rings. The summed E-state index contributed by atoms with van der Waals surface area (Å²) in [6.45, 7) is 9.48. The van der Waals surface area contributed by atoms with Crippen LogP contribution in [0, 0.1) is 34.5 Å². The second-order valence-electron chi connectivity index (χ2n) is 20.9. The maximum Gasteiger partial charge on any atom is 0.187 e. The minimum Gasteiger partial charge on any atom is -0.394 e. The van der Waals surface area contributed by atoms with Crippen molar-refractivity contribution in [2.24, 2.45) is 34.5 Å². The summed E-state index contributed by atoms with van der Waals surface area (Å²) in [4.78, 5) is 0. The number of ether oxygens (including phenoxy) is 8. The summed E-state index contributed by atoms with van der Waals surface area (Å²) in [5, 5.41) is 111. The van der Waals surface area contributed by atoms with E-state index >= 15 is 0 Å². The van der Waals surface area contributed by atoms with Crippen molar-refractivity contribution in [3.8, 4) is 0 Å². The maximum atomic E-state index is 13.0. The SMILES string of the molecule is C[C@@H]1CC[C@@]2(OC1)O[C@H]1C[C@@]3(O)[C@@H]4CC=C5C[C@@H](O[C@@H]6O[C@H](CO)[C@@H](O)[C@H](O[C@@H]7OC[C@H](O)[C@@H](O)[C@@H]7O)[C@H]6OC6O[C@@H](C)[C@H](O)[C@@H](O)[C@H]6O)CC[C@]5(C)[C@H]4CC[C@]3(C)[C@@]1(O)[C@@H]2C. The lowest BCUT2D eigenvalue weighted by Crippen LogP contribution is -2.67. The first-order valence-electron chi connectivity index (χ1n) is 22.9. The zero-order chi connectivity index (χ0) is 44.5. The maximum absolute atomic E-state index is 13.0. The molecule has 18 nitrogen and oxygen atoms in total. The molecule has 0 aromatic carbocycles. The molecular weight excluding hydrogens is 816 g/mol. The molecule has 0 aromatic heterocycles. The summed E-state index contributed by atoms with van der Waals surface area (Å²) in [5.41, 5.74) is -2.40. The van der Waals surface area contributed by atoms with Crippen LogP contribution in [-0.4, -0.2) is 186 Å². The van der Waals surface area contributed by atoms with Gasteiger partial charge in [0.15, 0.2) is 24.7 Å². The fourth-order valence-electron chi connectivity index (χ4n) is 13.6. The molecule has 5 aliphatic heterocycles. The average Bonchev–Trinajstić information content (AvgIpc) is 3.56. The highest BCUT2D eigenvalue weighted by atomic mass is 16.8. The second kappa shape index (κ2) is 16.4. The van der Waals surface area contributed by atoms with Crippen molar-refractivity contribution in [1.82, 2.24) is 0 Å². The molecule has 5 saturated heterocycles. The Kier molecular flexibility index (Phi) is 12.2. The zero-order valence-corrected chi connectivity index (χ0v) is 36.3. The summed E-state index contributed by atoms with van der Waals surface area (Å²) >= 11 is 0. The van der Waals surface area contributed by atoms with E-state index in [1.807, 2.05) is 6.92 Å². The van der Waals surface area contributed by atoms with E-state index in [9.17, 15) is 51.1 Å². The van der Waals surface area contributed by atoms with Gasteiger partial charge in [-0.05, 0) is 75.0 Å². The topological polar surface area (TPSA) is 276 Å². The van der Waals surface area contributed by atoms with E-state index in [0.29, 0.717) is 57.5 Å². The Hall–Kier alpha value is -0.980. The highest BCUT2D eigenvalue weighted by Gasteiger charge is 2.81. The standard InChI is InChI=1S/C44H70O18/c1-19-8-13-43(56-17-19)21(3)44(54)28(62-43)15-42(53)25-7-6-22-14-23(9-11-40(22,4)24(25)10-12-41(42,44)5)58-39-36(61-38-34(52)32(50)29(47)20(2)57-38)35(31(49)27(16-45)59-39)60-37-33(51)30(48)26(46)18-55-37/h6,19-21,23-39,45-54H,7-18H2,1-5H3/t19-,20+,21-,23+,24+,25-,26+,27-,28+,29+,30-,31-,32-,33+,34-,35+,36-,37+,38?,39-,40+,41+,42-,43-,44-/m1/s1. The van der Waals surface area contributed by atoms with Gasteiger partial charge in [0.2, 0.25) is 0 Å². The summed E-state index contributed by atoms with van der Waals surface area (Å²) < 4.78 is 49.6. The van der Waals surface area contributed by atoms with Crippen molar-refractivity contribution in [3.05, 3.63) is 11.6 Å². The zero-order valence-electron chi connectivity index (χ0n) is 36.3. The number of rotatable bonds is 7. The van der Waals surface area contributed by atoms with E-state index in [4.69, 9.17) is 37.9 Å². The van der Waals surface area contributed by atoms with Crippen LogP contribution in [0.2, 0.25) is 0 Å². The van der Waals surface area contributed by atoms with Gasteiger partial charge in [0.1, 0.15) is 66.6 Å². The summed E-state index contributed by atoms with van der Waals surface area (Å²) in [6, 6.07) is 0. The highest BCUT2D eigenvalue weighted by Crippen LogP contribution is 2.73. The molecule has 0 radical (unpaired) electrons. The van der Waals surface area contributed by atoms with Crippen LogP contribution < -0.4 is 0 Å². The molecule has 1 unspecified atom stereocenters. The van der Waals surface area contributed by atoms with E-state index in [2.05, 4.69) is 26.8 Å². The lowest BCUT2D eigenvalue weighted by Gasteiger charge is -2.63. The van der Waals surface area contributed by atoms with Gasteiger partial charge in [-0.25, -0.2) is 0 Å². The van der Waals surface area contributed by atoms with Gasteiger partial charge in [-0.2, -0.15) is 0 Å². The fraction of sp³-hybridized carbons (Fsp3) is 0.955. The number of aliphatic hydroxyl groups excluding tert-OH is 8. The third-order valence-electron chi connectivity index (χ3n) is 17.7. The van der Waals surface area contributed by atoms with Crippen molar-refractivity contribution < 1.29 is 89.0 Å². The van der Waals surface area contributed by atoms with Gasteiger partial charge >= 0.3 is 0 Å². The summed E-state index contributed by atoms with van der Waals surface area (Å²) in [5.74, 6) is -0.768. The van der Waals surface area contributed by atoms with Gasteiger partial charge < -0.3 is 89.0 Å². The minimum absolute atomic E-state index is 0.109. The Morgan fingerprint density at radius 3 is 2.16 bits per heavy atom. The van der Waals surface area contributed by atoms with Crippen molar-refractivity contribution in [3.63, 3.8) is 0 Å². The average molecular weight is 887 g/mol. The molecule has 25 atom stereocenters. The van der Waals surface area contributed by atoms with Crippen LogP contribution in [0.4, 0.5) is 0 Å². The van der Waals surface area contributed by atoms with E-state index in [1.54, 1.807) is 0 Å². The van der Waals surface area contributed by atoms with Crippen molar-refractivity contribution in [2.75, 3.05) is 19.8 Å². The van der Waals surface area contributed by atoms with E-state index in [-0.39, 0.29) is 23.2 Å². The van der Waals surface area contributed by atoms with E-state index < -0.39 is 134 Å². The molecule has 9 rings (SSSR count). The summed E-state index contributed by atoms with van der Waals surface area (Å²) in [6.07, 6.45) is -14.2. The molecule has 9 aliphatic rings. The number of hydrogen-bond acceptors (Lipinski definition) is 18. The first-order chi connectivity index (χ1) is 29.2. The molecule has 8 fully saturated rings. The molecule has 354 valence electrons. The number of aliphatic hydroxyl groups is 10. The number of hydrogen-bond donors (Lipinski definition) is 10. The Morgan fingerprint density at radius 2 is 1.45 bits per heavy atom. The molecule has 4 aliphatic carbocycles. The monoisotopic (exact) mass is 886 g/mol. The van der Waals surface area contributed by atoms with Gasteiger partial charge in [0, 0.05) is 24.2 Å². The molecule has 0 bridgehead atoms. The van der Waals surface area contributed by atoms with Crippen molar-refractivity contribution >= 4 is 0 Å². The van der Waals surface area contributed by atoms with E-state index in [0.717, 1.165) is 18.4 Å². The lowest BCUT2D eigenvalue weighted by molar-refractivity contribution is -0.390. The fourth-order valence-corrected chi connectivity index (χ4v) is 13.6. The molecule has 18 heteroatoms. The number of allylic oxidation sites excluding steroid dienone is 1. The molecule has 0 amide bonds. The van der Waals surface area contributed by atoms with Crippen LogP contribution in [0.5, 0.6) is 0 Å². The molecule has 3 saturated carbocycles.